The minimum absolute atomic E-state index is 0.0123. The normalized spacial score (nSPS) is 10.2. The van der Waals surface area contributed by atoms with E-state index in [1.165, 1.54) is 30.6 Å². The molecule has 0 amide bonds. The number of H-pyrrole nitrogens is 1. The molecule has 0 radical (unpaired) electrons. The van der Waals surface area contributed by atoms with Crippen LogP contribution in [0.5, 0.6) is 0 Å². The maximum atomic E-state index is 11.8. The number of ether oxygens (including phenoxy) is 5. The van der Waals surface area contributed by atoms with Crippen LogP contribution < -0.4 is 5.46 Å². The Bertz CT molecular complexity index is 6000. The van der Waals surface area contributed by atoms with Crippen LogP contribution >= 0.6 is 103 Å². The Morgan fingerprint density at radius 3 is 1.09 bits per heavy atom. The van der Waals surface area contributed by atoms with E-state index in [2.05, 4.69) is 169 Å². The highest BCUT2D eigenvalue weighted by molar-refractivity contribution is 9.11. The first kappa shape index (κ1) is 113. The summed E-state index contributed by atoms with van der Waals surface area (Å²) in [5, 5.41) is 38.1. The van der Waals surface area contributed by atoms with Gasteiger partial charge in [0, 0.05) is 63.2 Å². The Balaban J connectivity index is 0.000000275. The maximum Gasteiger partial charge on any atom is 0.488 e. The fraction of sp³-hybridized carbons (Fsp3) is 0.253. The van der Waals surface area contributed by atoms with E-state index in [0.29, 0.717) is 49.4 Å². The molecule has 0 bridgehead atoms. The lowest BCUT2D eigenvalue weighted by Gasteiger charge is -2.09. The molecular formula is C99H108BBr5N8O17S3. The van der Waals surface area contributed by atoms with Crippen LogP contribution in [-0.4, -0.2) is 169 Å². The number of Topliss-reactive ketones (excluding diaryl/α,β-unsaturated/α-hetero) is 3. The van der Waals surface area contributed by atoms with Gasteiger partial charge in [0.25, 0.3) is 0 Å². The average molecular weight is 2190 g/mol. The van der Waals surface area contributed by atoms with Gasteiger partial charge in [-0.1, -0.05) is 213 Å². The van der Waals surface area contributed by atoms with E-state index < -0.39 is 17.0 Å². The first-order valence-corrected chi connectivity index (χ1v) is 50.2. The van der Waals surface area contributed by atoms with Gasteiger partial charge in [0.05, 0.1) is 84.2 Å². The summed E-state index contributed by atoms with van der Waals surface area (Å²) in [5.74, 6) is -1.42. The van der Waals surface area contributed by atoms with Gasteiger partial charge >= 0.3 is 37.0 Å². The van der Waals surface area contributed by atoms with Crippen molar-refractivity contribution >= 4 is 173 Å². The zero-order chi connectivity index (χ0) is 98.3. The van der Waals surface area contributed by atoms with Gasteiger partial charge in [0.1, 0.15) is 30.7 Å². The molecule has 0 atom stereocenters. The molecule has 4 heterocycles. The van der Waals surface area contributed by atoms with E-state index in [0.717, 1.165) is 113 Å². The molecule has 4 aromatic heterocycles. The van der Waals surface area contributed by atoms with Crippen molar-refractivity contribution in [1.29, 1.82) is 0 Å². The number of esters is 5. The third-order valence-corrected chi connectivity index (χ3v) is 22.9. The predicted molar refractivity (Wildman–Crippen MR) is 546 cm³/mol. The molecule has 3 N–H and O–H groups in total. The largest absolute Gasteiger partial charge is 0.488 e. The van der Waals surface area contributed by atoms with Crippen LogP contribution in [0, 0.1) is 27.7 Å². The number of aryl methyl sites for hydroxylation is 4. The van der Waals surface area contributed by atoms with E-state index in [1.807, 2.05) is 155 Å². The second-order valence-electron chi connectivity index (χ2n) is 28.4. The van der Waals surface area contributed by atoms with E-state index >= 15 is 0 Å². The summed E-state index contributed by atoms with van der Waals surface area (Å²) in [4.78, 5) is 90.5. The van der Waals surface area contributed by atoms with Crippen LogP contribution in [0.15, 0.2) is 275 Å². The molecule has 0 aliphatic rings. The Hall–Kier alpha value is -10.8. The van der Waals surface area contributed by atoms with Crippen LogP contribution in [0.1, 0.15) is 105 Å². The standard InChI is InChI=1S/C21H22N2O4S.C21H22N2O2S.C14H15BrN2O2.C10H9BrN2.C10H9BrO2.C8H7BrO.C7H9BO2S.C4H7BrO2.C4H8O2/c1-4-27-21(24)14-23-20(12-15(2)22-23)17-10-8-16(9-11-17)18-6-5-7-19(13-18)28(3,25)26;1-4-25-21(24)14-23-20(12-15(2)22-23)17-10-8-16(9-11-17)18-6-5-7-19(13-18)26-3;1-3-19-14(18)9-17-13(8-10(2)16-17)11-4-6-12(15)7-5-11;1-7-6-10(13-12-7)8-2-4-9(11)5-3-8;1-7(12)6-10(13)8-2-4-9(11)5-3-8;1-6(10)7-2-4-8(9)5-3-7;1-11-7-4-2-3-6(5-7)8(9)10;1-2-7-4(6)3-5;1-3-6-4(2)5/h5-13H,4,14H2,1-3H3;5-13H,4,14H2,1-3H3;4-8H,3,9H2,1-2H3;2-6H,1H3,(H,12,13);2-5H,6H2,1H3;2-5H,1H3;2-5,9-10H,1H3;2-3H2,1H3;3H2,1-2H3. The number of alkyl halides is 1. The van der Waals surface area contributed by atoms with Crippen molar-refractivity contribution in [2.75, 3.05) is 57.1 Å². The summed E-state index contributed by atoms with van der Waals surface area (Å²) in [7, 11) is -4.62. The Morgan fingerprint density at radius 1 is 0.414 bits per heavy atom. The highest BCUT2D eigenvalue weighted by Gasteiger charge is 2.18. The van der Waals surface area contributed by atoms with Gasteiger partial charge in [-0.3, -0.25) is 57.5 Å². The molecule has 0 unspecified atom stereocenters. The highest BCUT2D eigenvalue weighted by Crippen LogP contribution is 2.31. The predicted octanol–water partition coefficient (Wildman–Crippen LogP) is 21.5. The van der Waals surface area contributed by atoms with Crippen LogP contribution in [0.3, 0.4) is 0 Å². The Labute approximate surface area is 828 Å². The topological polar surface area (TPSA) is 339 Å². The fourth-order valence-electron chi connectivity index (χ4n) is 11.7. The average Bonchev–Trinajstić information content (AvgIpc) is 1.78. The molecule has 34 heteroatoms. The highest BCUT2D eigenvalue weighted by atomic mass is 79.9. The van der Waals surface area contributed by atoms with Gasteiger partial charge < -0.3 is 33.7 Å². The first-order valence-electron chi connectivity index (χ1n) is 41.5. The van der Waals surface area contributed by atoms with Crippen LogP contribution in [0.4, 0.5) is 0 Å². The quantitative estimate of drug-likeness (QED) is 0.00862. The number of carbonyl (C=O) groups excluding carboxylic acids is 8. The molecule has 13 rings (SSSR count). The van der Waals surface area contributed by atoms with Gasteiger partial charge in [-0.15, -0.1) is 23.5 Å². The molecule has 25 nitrogen and oxygen atoms in total. The summed E-state index contributed by atoms with van der Waals surface area (Å²) in [6, 6.07) is 76.8. The van der Waals surface area contributed by atoms with Crippen LogP contribution in [0.25, 0.3) is 67.3 Å². The number of halogens is 5. The van der Waals surface area contributed by atoms with Gasteiger partial charge in [0.15, 0.2) is 21.4 Å². The molecule has 133 heavy (non-hydrogen) atoms. The number of aromatic nitrogens is 8. The summed E-state index contributed by atoms with van der Waals surface area (Å²) < 4.78 is 56.5. The van der Waals surface area contributed by atoms with Gasteiger partial charge in [-0.05, 0) is 242 Å². The third kappa shape index (κ3) is 41.7. The fourth-order valence-corrected chi connectivity index (χ4v) is 14.5. The lowest BCUT2D eigenvalue weighted by atomic mass is 9.80. The number of hydrogen-bond donors (Lipinski definition) is 3. The van der Waals surface area contributed by atoms with Crippen molar-refractivity contribution in [2.45, 2.75) is 124 Å². The Morgan fingerprint density at radius 2 is 0.759 bits per heavy atom. The minimum atomic E-state index is -3.26. The van der Waals surface area contributed by atoms with Gasteiger partial charge in [0.2, 0.25) is 0 Å². The van der Waals surface area contributed by atoms with Crippen molar-refractivity contribution in [3.63, 3.8) is 0 Å². The zero-order valence-electron chi connectivity index (χ0n) is 76.5. The number of nitrogens with one attached hydrogen (secondary N) is 1. The molecule has 0 aliphatic heterocycles. The second-order valence-corrected chi connectivity index (χ2v) is 36.4. The number of thioether (sulfide) groups is 2. The number of hydrogen-bond acceptors (Lipinski definition) is 23. The van der Waals surface area contributed by atoms with Crippen molar-refractivity contribution in [3.8, 4) is 67.3 Å². The smallest absolute Gasteiger partial charge is 0.466 e. The molecular weight excluding hydrogens is 2080 g/mol. The number of rotatable bonds is 26. The Kier molecular flexibility index (Phi) is 50.6. The molecule has 0 saturated carbocycles. The van der Waals surface area contributed by atoms with E-state index in [4.69, 9.17) is 24.3 Å². The van der Waals surface area contributed by atoms with E-state index in [1.54, 1.807) is 152 Å². The van der Waals surface area contributed by atoms with E-state index in [-0.39, 0.29) is 78.1 Å². The molecule has 0 fully saturated rings. The maximum absolute atomic E-state index is 11.8. The number of benzene rings is 9. The summed E-state index contributed by atoms with van der Waals surface area (Å²) >= 11 is 19.6. The van der Waals surface area contributed by atoms with Crippen molar-refractivity contribution < 1.29 is 80.5 Å². The van der Waals surface area contributed by atoms with Crippen molar-refractivity contribution in [1.82, 2.24) is 39.5 Å². The summed E-state index contributed by atoms with van der Waals surface area (Å²) in [5.41, 5.74) is 17.3. The van der Waals surface area contributed by atoms with Crippen molar-refractivity contribution in [2.24, 2.45) is 0 Å². The molecule has 0 aliphatic carbocycles. The molecule has 702 valence electrons. The number of aromatic amines is 1. The minimum Gasteiger partial charge on any atom is -0.466 e. The van der Waals surface area contributed by atoms with E-state index in [9.17, 15) is 46.8 Å². The third-order valence-electron chi connectivity index (χ3n) is 17.8. The van der Waals surface area contributed by atoms with Crippen LogP contribution in [0.2, 0.25) is 0 Å². The SMILES string of the molecule is CC(=O)CC(=O)c1ccc(Br)cc1.CC(=O)c1ccc(Br)cc1.CCOC(=O)CBr.CCOC(=O)Cn1nc(C)cc1-c1ccc(-c2cccc(S(C)(=O)=O)c2)cc1.CCOC(=O)Cn1nc(C)cc1-c1ccc(-c2cccc(SC)c2)cc1.CCOC(=O)Cn1nc(C)cc1-c1ccc(Br)cc1.CCOC(C)=O.CSc1cccc(B(O)O)c1.Cc1cc(-c2ccc(Br)cc2)n[nH]1. The van der Waals surface area contributed by atoms with Gasteiger partial charge in [-0.2, -0.15) is 20.4 Å². The zero-order valence-corrected chi connectivity index (χ0v) is 86.9. The summed E-state index contributed by atoms with van der Waals surface area (Å²) in [6.07, 6.45) is 5.21. The molecule has 0 saturated heterocycles. The molecule has 0 spiro atoms. The summed E-state index contributed by atoms with van der Waals surface area (Å²) in [6.45, 7) is 23.3. The number of ketones is 3. The second kappa shape index (κ2) is 59.8. The van der Waals surface area contributed by atoms with Crippen molar-refractivity contribution in [3.05, 3.63) is 294 Å². The molecule has 13 aromatic rings. The number of nitrogens with zero attached hydrogens (tertiary/aromatic N) is 7. The lowest BCUT2D eigenvalue weighted by molar-refractivity contribution is -0.144. The monoisotopic (exact) mass is 2180 g/mol. The number of sulfone groups is 1. The van der Waals surface area contributed by atoms with Gasteiger partial charge in [-0.25, -0.2) is 8.42 Å². The first-order chi connectivity index (χ1) is 63.3. The molecule has 9 aromatic carbocycles. The van der Waals surface area contributed by atoms with Crippen LogP contribution in [-0.2, 0) is 81.9 Å². The number of carbonyl (C=O) groups is 8. The lowest BCUT2D eigenvalue weighted by Crippen LogP contribution is -2.29.